The van der Waals surface area contributed by atoms with E-state index in [1.165, 1.54) is 5.56 Å². The minimum atomic E-state index is -0.182. The van der Waals surface area contributed by atoms with Crippen LogP contribution in [0.3, 0.4) is 0 Å². The van der Waals surface area contributed by atoms with E-state index >= 15 is 0 Å². The van der Waals surface area contributed by atoms with Crippen molar-refractivity contribution in [1.29, 1.82) is 0 Å². The fourth-order valence-corrected chi connectivity index (χ4v) is 3.05. The van der Waals surface area contributed by atoms with Gasteiger partial charge in [-0.3, -0.25) is 4.79 Å². The second-order valence-electron chi connectivity index (χ2n) is 6.29. The summed E-state index contributed by atoms with van der Waals surface area (Å²) in [4.78, 5) is 12.1. The molecule has 0 saturated carbocycles. The predicted molar refractivity (Wildman–Crippen MR) is 98.1 cm³/mol. The fraction of sp³-hybridized carbons (Fsp3) is 0.350. The zero-order valence-corrected chi connectivity index (χ0v) is 14.4. The van der Waals surface area contributed by atoms with Crippen molar-refractivity contribution >= 4 is 11.6 Å². The minimum absolute atomic E-state index is 0.0675. The summed E-state index contributed by atoms with van der Waals surface area (Å²) >= 11 is 0. The molecule has 0 aliphatic carbocycles. The van der Waals surface area contributed by atoms with E-state index in [0.717, 1.165) is 36.4 Å². The number of fused-ring (bicyclic) bond motifs is 1. The largest absolute Gasteiger partial charge is 0.493 e. The lowest BCUT2D eigenvalue weighted by molar-refractivity contribution is 0.0945. The summed E-state index contributed by atoms with van der Waals surface area (Å²) in [7, 11) is 0. The van der Waals surface area contributed by atoms with E-state index in [0.29, 0.717) is 5.56 Å². The monoisotopic (exact) mass is 340 g/mol. The lowest BCUT2D eigenvalue weighted by atomic mass is 10.00. The Balaban J connectivity index is 1.79. The van der Waals surface area contributed by atoms with Crippen molar-refractivity contribution in [2.75, 3.05) is 25.1 Å². The minimum Gasteiger partial charge on any atom is -0.493 e. The molecule has 3 rings (SSSR count). The van der Waals surface area contributed by atoms with Gasteiger partial charge >= 0.3 is 0 Å². The number of hydrogen-bond donors (Lipinski definition) is 3. The quantitative estimate of drug-likeness (QED) is 0.782. The molecule has 0 saturated heterocycles. The van der Waals surface area contributed by atoms with Crippen LogP contribution in [0.25, 0.3) is 0 Å². The summed E-state index contributed by atoms with van der Waals surface area (Å²) in [5.41, 5.74) is 3.81. The van der Waals surface area contributed by atoms with Crippen molar-refractivity contribution in [3.05, 3.63) is 59.2 Å². The second-order valence-corrected chi connectivity index (χ2v) is 6.29. The average molecular weight is 340 g/mol. The number of aryl methyl sites for hydroxylation is 1. The van der Waals surface area contributed by atoms with Crippen molar-refractivity contribution < 1.29 is 14.6 Å². The fourth-order valence-electron chi connectivity index (χ4n) is 3.05. The Bertz CT molecular complexity index is 745. The van der Waals surface area contributed by atoms with E-state index in [1.807, 2.05) is 18.2 Å². The third kappa shape index (κ3) is 4.31. The molecule has 2 aromatic rings. The zero-order valence-electron chi connectivity index (χ0n) is 14.4. The Morgan fingerprint density at radius 1 is 1.28 bits per heavy atom. The summed E-state index contributed by atoms with van der Waals surface area (Å²) in [5.74, 6) is 0.754. The molecule has 5 nitrogen and oxygen atoms in total. The number of benzene rings is 2. The first-order valence-electron chi connectivity index (χ1n) is 8.66. The van der Waals surface area contributed by atoms with E-state index in [4.69, 9.17) is 9.84 Å². The number of ether oxygens (including phenoxy) is 1. The average Bonchev–Trinajstić information content (AvgIpc) is 2.81. The van der Waals surface area contributed by atoms with Crippen LogP contribution in [0.1, 0.15) is 40.4 Å². The van der Waals surface area contributed by atoms with Crippen molar-refractivity contribution in [3.8, 4) is 5.75 Å². The molecule has 3 N–H and O–H groups in total. The van der Waals surface area contributed by atoms with Crippen LogP contribution in [0.5, 0.6) is 5.75 Å². The Morgan fingerprint density at radius 2 is 2.16 bits per heavy atom. The number of hydrogen-bond acceptors (Lipinski definition) is 4. The highest BCUT2D eigenvalue weighted by atomic mass is 16.5. The van der Waals surface area contributed by atoms with Gasteiger partial charge < -0.3 is 20.5 Å². The van der Waals surface area contributed by atoms with Crippen molar-refractivity contribution in [2.24, 2.45) is 0 Å². The summed E-state index contributed by atoms with van der Waals surface area (Å²) in [5, 5.41) is 15.0. The molecule has 132 valence electrons. The Kier molecular flexibility index (Phi) is 5.56. The highest BCUT2D eigenvalue weighted by Crippen LogP contribution is 2.34. The molecule has 25 heavy (non-hydrogen) atoms. The number of carbonyl (C=O) groups excluding carboxylic acids is 1. The van der Waals surface area contributed by atoms with Gasteiger partial charge in [0.05, 0.1) is 19.3 Å². The lowest BCUT2D eigenvalue weighted by Gasteiger charge is -2.20. The smallest absolute Gasteiger partial charge is 0.251 e. The van der Waals surface area contributed by atoms with Crippen LogP contribution in [0.4, 0.5) is 5.69 Å². The van der Waals surface area contributed by atoms with Gasteiger partial charge in [-0.05, 0) is 49.6 Å². The molecule has 0 spiro atoms. The first-order valence-corrected chi connectivity index (χ1v) is 8.66. The number of aliphatic hydroxyl groups excluding tert-OH is 1. The van der Waals surface area contributed by atoms with Crippen LogP contribution in [-0.4, -0.2) is 30.8 Å². The molecule has 1 aliphatic heterocycles. The van der Waals surface area contributed by atoms with E-state index in [9.17, 15) is 4.79 Å². The van der Waals surface area contributed by atoms with E-state index in [-0.39, 0.29) is 25.1 Å². The molecule has 1 atom stereocenters. The highest BCUT2D eigenvalue weighted by molar-refractivity contribution is 5.95. The van der Waals surface area contributed by atoms with E-state index in [2.05, 4.69) is 35.8 Å². The Labute approximate surface area is 148 Å². The van der Waals surface area contributed by atoms with Crippen LogP contribution < -0.4 is 15.4 Å². The molecule has 1 unspecified atom stereocenters. The van der Waals surface area contributed by atoms with Gasteiger partial charge in [0, 0.05) is 23.4 Å². The molecule has 0 aromatic heterocycles. The molecule has 0 radical (unpaired) electrons. The molecule has 1 amide bonds. The molecule has 5 heteroatoms. The summed E-state index contributed by atoms with van der Waals surface area (Å²) < 4.78 is 5.88. The zero-order chi connectivity index (χ0) is 17.6. The molecule has 0 fully saturated rings. The van der Waals surface area contributed by atoms with Gasteiger partial charge in [0.2, 0.25) is 0 Å². The predicted octanol–water partition coefficient (Wildman–Crippen LogP) is 3.04. The van der Waals surface area contributed by atoms with Crippen LogP contribution in [-0.2, 0) is 0 Å². The normalized spacial score (nSPS) is 16.3. The first kappa shape index (κ1) is 17.3. The summed E-state index contributed by atoms with van der Waals surface area (Å²) in [6.45, 7) is 2.97. The topological polar surface area (TPSA) is 70.6 Å². The van der Waals surface area contributed by atoms with Gasteiger partial charge in [-0.1, -0.05) is 18.2 Å². The van der Waals surface area contributed by atoms with Crippen LogP contribution in [0.15, 0.2) is 42.5 Å². The third-order valence-electron chi connectivity index (χ3n) is 4.30. The standard InChI is InChI=1S/C20H24N2O3/c1-14-7-8-17-18(6-3-11-25-19(17)12-14)22-16-5-2-4-15(13-16)20(24)21-9-10-23/h2,4-5,7-8,12-13,18,22-23H,3,6,9-11H2,1H3,(H,21,24). The van der Waals surface area contributed by atoms with Gasteiger partial charge in [0.1, 0.15) is 5.75 Å². The molecule has 0 bridgehead atoms. The maximum absolute atomic E-state index is 12.1. The first-order chi connectivity index (χ1) is 12.2. The van der Waals surface area contributed by atoms with Gasteiger partial charge in [-0.25, -0.2) is 0 Å². The number of nitrogens with one attached hydrogen (secondary N) is 2. The number of amides is 1. The van der Waals surface area contributed by atoms with Gasteiger partial charge in [0.25, 0.3) is 5.91 Å². The Morgan fingerprint density at radius 3 is 3.00 bits per heavy atom. The summed E-state index contributed by atoms with van der Waals surface area (Å²) in [6.07, 6.45) is 1.94. The maximum atomic E-state index is 12.1. The van der Waals surface area contributed by atoms with Gasteiger partial charge in [-0.2, -0.15) is 0 Å². The van der Waals surface area contributed by atoms with Crippen LogP contribution >= 0.6 is 0 Å². The van der Waals surface area contributed by atoms with Gasteiger partial charge in [-0.15, -0.1) is 0 Å². The number of aliphatic hydroxyl groups is 1. The SMILES string of the molecule is Cc1ccc2c(c1)OCCCC2Nc1cccc(C(=O)NCCO)c1. The van der Waals surface area contributed by atoms with Crippen molar-refractivity contribution in [1.82, 2.24) is 5.32 Å². The van der Waals surface area contributed by atoms with Crippen LogP contribution in [0.2, 0.25) is 0 Å². The van der Waals surface area contributed by atoms with Crippen LogP contribution in [0, 0.1) is 6.92 Å². The summed E-state index contributed by atoms with van der Waals surface area (Å²) in [6, 6.07) is 13.9. The number of rotatable bonds is 5. The lowest BCUT2D eigenvalue weighted by Crippen LogP contribution is -2.26. The third-order valence-corrected chi connectivity index (χ3v) is 4.30. The van der Waals surface area contributed by atoms with Gasteiger partial charge in [0.15, 0.2) is 0 Å². The molecule has 1 heterocycles. The molecular formula is C20H24N2O3. The molecule has 2 aromatic carbocycles. The number of anilines is 1. The van der Waals surface area contributed by atoms with E-state index in [1.54, 1.807) is 6.07 Å². The highest BCUT2D eigenvalue weighted by Gasteiger charge is 2.20. The Hall–Kier alpha value is -2.53. The molecular weight excluding hydrogens is 316 g/mol. The van der Waals surface area contributed by atoms with E-state index < -0.39 is 0 Å². The maximum Gasteiger partial charge on any atom is 0.251 e. The number of carbonyl (C=O) groups is 1. The second kappa shape index (κ2) is 8.03. The van der Waals surface area contributed by atoms with Crippen molar-refractivity contribution in [3.63, 3.8) is 0 Å². The molecule has 1 aliphatic rings. The van der Waals surface area contributed by atoms with Crippen molar-refractivity contribution in [2.45, 2.75) is 25.8 Å².